The smallest absolute Gasteiger partial charge is 0.348 e. The highest BCUT2D eigenvalue weighted by atomic mass is 19.3. The van der Waals surface area contributed by atoms with Crippen molar-refractivity contribution in [3.8, 4) is 0 Å². The van der Waals surface area contributed by atoms with Crippen LogP contribution in [0.1, 0.15) is 25.0 Å². The Labute approximate surface area is 190 Å². The molecule has 4 heterocycles. The van der Waals surface area contributed by atoms with Gasteiger partial charge in [-0.2, -0.15) is 4.98 Å². The number of aromatic nitrogens is 3. The minimum absolute atomic E-state index is 0.153. The molecule has 2 saturated heterocycles. The van der Waals surface area contributed by atoms with Crippen LogP contribution in [0.5, 0.6) is 0 Å². The molecule has 2 aromatic heterocycles. The van der Waals surface area contributed by atoms with Gasteiger partial charge in [0.25, 0.3) is 5.92 Å². The maximum absolute atomic E-state index is 14.6. The molecule has 0 atom stereocenters. The van der Waals surface area contributed by atoms with Gasteiger partial charge in [0.05, 0.1) is 29.8 Å². The van der Waals surface area contributed by atoms with E-state index in [0.29, 0.717) is 57.7 Å². The summed E-state index contributed by atoms with van der Waals surface area (Å²) in [6, 6.07) is 3.92. The van der Waals surface area contributed by atoms with Gasteiger partial charge in [-0.3, -0.25) is 14.3 Å². The van der Waals surface area contributed by atoms with Crippen molar-refractivity contribution in [2.75, 3.05) is 49.1 Å². The first-order chi connectivity index (χ1) is 15.8. The molecule has 2 aromatic rings. The number of alkyl halides is 2. The van der Waals surface area contributed by atoms with Gasteiger partial charge in [0, 0.05) is 50.5 Å². The summed E-state index contributed by atoms with van der Waals surface area (Å²) in [7, 11) is 0. The van der Waals surface area contributed by atoms with Crippen LogP contribution < -0.4 is 15.5 Å². The molecule has 33 heavy (non-hydrogen) atoms. The predicted molar refractivity (Wildman–Crippen MR) is 120 cm³/mol. The molecule has 0 aromatic carbocycles. The first kappa shape index (κ1) is 21.8. The fraction of sp³-hybridized carbons (Fsp3) is 0.565. The summed E-state index contributed by atoms with van der Waals surface area (Å²) < 4.78 is 30.4. The number of halogens is 2. The minimum Gasteiger partial charge on any atom is -0.367 e. The van der Waals surface area contributed by atoms with E-state index in [4.69, 9.17) is 0 Å². The lowest BCUT2D eigenvalue weighted by Gasteiger charge is -2.40. The Kier molecular flexibility index (Phi) is 5.33. The van der Waals surface area contributed by atoms with Gasteiger partial charge in [-0.05, 0) is 38.3 Å². The molecule has 8 nitrogen and oxygen atoms in total. The fourth-order valence-electron chi connectivity index (χ4n) is 4.98. The van der Waals surface area contributed by atoms with Gasteiger partial charge >= 0.3 is 5.69 Å². The van der Waals surface area contributed by atoms with Crippen LogP contribution in [0.3, 0.4) is 0 Å². The first-order valence-corrected chi connectivity index (χ1v) is 11.4. The van der Waals surface area contributed by atoms with Crippen molar-refractivity contribution in [3.05, 3.63) is 46.9 Å². The first-order valence-electron chi connectivity index (χ1n) is 11.4. The number of aryl methyl sites for hydroxylation is 1. The Morgan fingerprint density at radius 2 is 1.82 bits per heavy atom. The molecule has 10 heteroatoms. The summed E-state index contributed by atoms with van der Waals surface area (Å²) >= 11 is 0. The Morgan fingerprint density at radius 1 is 1.06 bits per heavy atom. The number of hydrogen-bond donors (Lipinski definition) is 0. The maximum atomic E-state index is 14.6. The molecule has 2 aliphatic heterocycles. The van der Waals surface area contributed by atoms with Gasteiger partial charge in [0.2, 0.25) is 5.91 Å². The Balaban J connectivity index is 1.23. The van der Waals surface area contributed by atoms with Crippen LogP contribution in [0.25, 0.3) is 0 Å². The van der Waals surface area contributed by atoms with Crippen molar-refractivity contribution < 1.29 is 13.6 Å². The predicted octanol–water partition coefficient (Wildman–Crippen LogP) is 1.92. The molecule has 0 unspecified atom stereocenters. The molecule has 176 valence electrons. The third kappa shape index (κ3) is 4.06. The van der Waals surface area contributed by atoms with Crippen molar-refractivity contribution in [1.29, 1.82) is 0 Å². The second-order valence-electron chi connectivity index (χ2n) is 9.35. The quantitative estimate of drug-likeness (QED) is 0.697. The van der Waals surface area contributed by atoms with Crippen molar-refractivity contribution in [3.63, 3.8) is 0 Å². The normalized spacial score (nSPS) is 21.4. The average molecular weight is 459 g/mol. The highest BCUT2D eigenvalue weighted by Gasteiger charge is 2.63. The van der Waals surface area contributed by atoms with Crippen molar-refractivity contribution in [1.82, 2.24) is 19.4 Å². The van der Waals surface area contributed by atoms with Crippen molar-refractivity contribution >= 4 is 17.3 Å². The lowest BCUT2D eigenvalue weighted by Crippen LogP contribution is -2.51. The third-order valence-corrected chi connectivity index (χ3v) is 7.34. The van der Waals surface area contributed by atoms with Gasteiger partial charge < -0.3 is 14.7 Å². The monoisotopic (exact) mass is 458 g/mol. The third-order valence-electron chi connectivity index (χ3n) is 7.34. The molecule has 0 N–H and O–H groups in total. The highest BCUT2D eigenvalue weighted by molar-refractivity contribution is 5.76. The Bertz CT molecular complexity index is 1110. The molecular formula is C23H28F2N6O2. The van der Waals surface area contributed by atoms with E-state index in [0.717, 1.165) is 11.4 Å². The second-order valence-corrected chi connectivity index (χ2v) is 9.35. The number of piperidine rings is 1. The molecule has 1 aliphatic carbocycles. The van der Waals surface area contributed by atoms with Crippen molar-refractivity contribution in [2.24, 2.45) is 5.41 Å². The number of carbonyl (C=O) groups excluding carboxylic acids is 1. The second kappa shape index (κ2) is 8.07. The molecule has 1 amide bonds. The molecule has 3 aliphatic rings. The molecule has 5 rings (SSSR count). The van der Waals surface area contributed by atoms with Gasteiger partial charge in [0.15, 0.2) is 0 Å². The van der Waals surface area contributed by atoms with Crippen LogP contribution in [0.2, 0.25) is 0 Å². The molecule has 1 saturated carbocycles. The van der Waals surface area contributed by atoms with E-state index in [-0.39, 0.29) is 19.0 Å². The van der Waals surface area contributed by atoms with Gasteiger partial charge in [-0.1, -0.05) is 0 Å². The summed E-state index contributed by atoms with van der Waals surface area (Å²) in [6.07, 6.45) is 6.16. The molecule has 3 fully saturated rings. The van der Waals surface area contributed by atoms with E-state index in [1.54, 1.807) is 16.0 Å². The maximum Gasteiger partial charge on any atom is 0.348 e. The standard InChI is InChI=1S/C23H28F2N6O2/c1-17-19(3-2-7-26-17)28-9-11-29(12-10-28)20(32)15-31-14-18(13-27-21(31)33)30-8-6-22(4-5-22)23(24,25)16-30/h2-3,7,13-14H,4-6,8-12,15-16H2,1H3. The number of carbonyl (C=O) groups is 1. The SMILES string of the molecule is Cc1ncccc1N1CCN(C(=O)Cn2cc(N3CCC4(CC4)C(F)(F)C3)cnc2=O)CC1. The summed E-state index contributed by atoms with van der Waals surface area (Å²) in [5.41, 5.74) is 1.07. The van der Waals surface area contributed by atoms with Crippen LogP contribution in [0, 0.1) is 12.3 Å². The zero-order valence-corrected chi connectivity index (χ0v) is 18.7. The molecular weight excluding hydrogens is 430 g/mol. The number of pyridine rings is 1. The van der Waals surface area contributed by atoms with E-state index in [2.05, 4.69) is 14.9 Å². The van der Waals surface area contributed by atoms with Crippen LogP contribution in [-0.4, -0.2) is 70.5 Å². The topological polar surface area (TPSA) is 74.6 Å². The number of nitrogens with zero attached hydrogens (tertiary/aromatic N) is 6. The van der Waals surface area contributed by atoms with Crippen LogP contribution >= 0.6 is 0 Å². The summed E-state index contributed by atoms with van der Waals surface area (Å²) in [5.74, 6) is -2.94. The van der Waals surface area contributed by atoms with Crippen molar-refractivity contribution in [2.45, 2.75) is 38.7 Å². The number of piperazine rings is 1. The number of anilines is 2. The number of amides is 1. The van der Waals surface area contributed by atoms with E-state index in [9.17, 15) is 18.4 Å². The minimum atomic E-state index is -2.76. The van der Waals surface area contributed by atoms with Gasteiger partial charge in [-0.25, -0.2) is 13.6 Å². The highest BCUT2D eigenvalue weighted by Crippen LogP contribution is 2.61. The lowest BCUT2D eigenvalue weighted by molar-refractivity contribution is -0.132. The summed E-state index contributed by atoms with van der Waals surface area (Å²) in [4.78, 5) is 38.8. The Hall–Kier alpha value is -3.04. The van der Waals surface area contributed by atoms with Gasteiger partial charge in [0.1, 0.15) is 6.54 Å². The van der Waals surface area contributed by atoms with Crippen LogP contribution in [-0.2, 0) is 11.3 Å². The zero-order valence-electron chi connectivity index (χ0n) is 18.7. The fourth-order valence-corrected chi connectivity index (χ4v) is 4.98. The van der Waals surface area contributed by atoms with Crippen LogP contribution in [0.4, 0.5) is 20.2 Å². The van der Waals surface area contributed by atoms with Crippen LogP contribution in [0.15, 0.2) is 35.5 Å². The largest absolute Gasteiger partial charge is 0.367 e. The molecule has 1 spiro atoms. The lowest BCUT2D eigenvalue weighted by atomic mass is 9.89. The van der Waals surface area contributed by atoms with E-state index >= 15 is 0 Å². The molecule has 0 bridgehead atoms. The van der Waals surface area contributed by atoms with E-state index in [1.165, 1.54) is 17.0 Å². The van der Waals surface area contributed by atoms with Gasteiger partial charge in [-0.15, -0.1) is 0 Å². The van der Waals surface area contributed by atoms with E-state index in [1.807, 2.05) is 19.1 Å². The molecule has 0 radical (unpaired) electrons. The number of hydrogen-bond acceptors (Lipinski definition) is 6. The summed E-state index contributed by atoms with van der Waals surface area (Å²) in [6.45, 7) is 4.36. The zero-order chi connectivity index (χ0) is 23.2. The number of rotatable bonds is 4. The Morgan fingerprint density at radius 3 is 2.48 bits per heavy atom. The van der Waals surface area contributed by atoms with E-state index < -0.39 is 17.0 Å². The average Bonchev–Trinajstić information content (AvgIpc) is 3.59. The summed E-state index contributed by atoms with van der Waals surface area (Å²) in [5, 5.41) is 0.